The van der Waals surface area contributed by atoms with Gasteiger partial charge in [0.05, 0.1) is 5.56 Å². The molecule has 6 heteroatoms. The molecule has 1 atom stereocenters. The van der Waals surface area contributed by atoms with Crippen molar-refractivity contribution in [3.8, 4) is 0 Å². The van der Waals surface area contributed by atoms with Gasteiger partial charge in [-0.1, -0.05) is 13.8 Å². The van der Waals surface area contributed by atoms with E-state index in [9.17, 15) is 9.59 Å². The lowest BCUT2D eigenvalue weighted by atomic mass is 10.0. The summed E-state index contributed by atoms with van der Waals surface area (Å²) in [5.74, 6) is -0.0739. The van der Waals surface area contributed by atoms with Gasteiger partial charge in [-0.2, -0.15) is 0 Å². The van der Waals surface area contributed by atoms with Gasteiger partial charge in [0.2, 0.25) is 5.91 Å². The van der Waals surface area contributed by atoms with Gasteiger partial charge >= 0.3 is 0 Å². The summed E-state index contributed by atoms with van der Waals surface area (Å²) in [6.07, 6.45) is 2.08. The lowest BCUT2D eigenvalue weighted by Gasteiger charge is -2.23. The Hall–Kier alpha value is -1.43. The van der Waals surface area contributed by atoms with Crippen molar-refractivity contribution in [2.24, 2.45) is 5.92 Å². The molecule has 0 aromatic carbocycles. The van der Waals surface area contributed by atoms with Gasteiger partial charge in [-0.05, 0) is 40.4 Å². The molecule has 1 unspecified atom stereocenters. The Kier molecular flexibility index (Phi) is 6.13. The van der Waals surface area contributed by atoms with Gasteiger partial charge in [-0.15, -0.1) is 0 Å². The van der Waals surface area contributed by atoms with Crippen molar-refractivity contribution >= 4 is 27.7 Å². The maximum absolute atomic E-state index is 12.1. The van der Waals surface area contributed by atoms with Crippen LogP contribution in [0.4, 0.5) is 0 Å². The van der Waals surface area contributed by atoms with Crippen LogP contribution >= 0.6 is 15.9 Å². The highest BCUT2D eigenvalue weighted by molar-refractivity contribution is 9.10. The predicted octanol–water partition coefficient (Wildman–Crippen LogP) is 2.08. The Morgan fingerprint density at radius 3 is 2.45 bits per heavy atom. The Balaban J connectivity index is 2.81. The van der Waals surface area contributed by atoms with Crippen molar-refractivity contribution in [1.29, 1.82) is 0 Å². The second-order valence-electron chi connectivity index (χ2n) is 5.26. The number of carbonyl (C=O) groups is 2. The SMILES string of the molecule is CC(C)CC(NC(=O)c1ccc(Br)nc1)C(=O)N(C)C. The van der Waals surface area contributed by atoms with Gasteiger partial charge in [0.25, 0.3) is 5.91 Å². The molecule has 5 nitrogen and oxygen atoms in total. The second-order valence-corrected chi connectivity index (χ2v) is 6.07. The Bertz CT molecular complexity index is 472. The zero-order chi connectivity index (χ0) is 15.3. The molecule has 20 heavy (non-hydrogen) atoms. The van der Waals surface area contributed by atoms with E-state index in [0.29, 0.717) is 22.5 Å². The molecular weight excluding hydrogens is 322 g/mol. The van der Waals surface area contributed by atoms with E-state index in [1.54, 1.807) is 26.2 Å². The second kappa shape index (κ2) is 7.38. The maximum Gasteiger partial charge on any atom is 0.253 e. The summed E-state index contributed by atoms with van der Waals surface area (Å²) in [7, 11) is 3.37. The van der Waals surface area contributed by atoms with Crippen LogP contribution in [0.15, 0.2) is 22.9 Å². The van der Waals surface area contributed by atoms with E-state index in [-0.39, 0.29) is 11.8 Å². The lowest BCUT2D eigenvalue weighted by molar-refractivity contribution is -0.131. The molecule has 2 amide bonds. The fraction of sp³-hybridized carbons (Fsp3) is 0.500. The number of likely N-dealkylation sites (N-methyl/N-ethyl adjacent to an activating group) is 1. The van der Waals surface area contributed by atoms with Crippen LogP contribution in [0.2, 0.25) is 0 Å². The summed E-state index contributed by atoms with van der Waals surface area (Å²) in [4.78, 5) is 29.7. The minimum absolute atomic E-state index is 0.0999. The Labute approximate surface area is 127 Å². The highest BCUT2D eigenvalue weighted by Gasteiger charge is 2.23. The number of nitrogens with one attached hydrogen (secondary N) is 1. The first kappa shape index (κ1) is 16.6. The highest BCUT2D eigenvalue weighted by Crippen LogP contribution is 2.10. The van der Waals surface area contributed by atoms with Crippen LogP contribution in [0.25, 0.3) is 0 Å². The minimum Gasteiger partial charge on any atom is -0.347 e. The summed E-state index contributed by atoms with van der Waals surface area (Å²) >= 11 is 3.22. The first-order valence-electron chi connectivity index (χ1n) is 6.44. The van der Waals surface area contributed by atoms with Crippen LogP contribution in [-0.4, -0.2) is 41.8 Å². The van der Waals surface area contributed by atoms with E-state index >= 15 is 0 Å². The van der Waals surface area contributed by atoms with E-state index in [1.807, 2.05) is 13.8 Å². The van der Waals surface area contributed by atoms with Crippen LogP contribution in [-0.2, 0) is 4.79 Å². The van der Waals surface area contributed by atoms with E-state index in [1.165, 1.54) is 11.1 Å². The number of aromatic nitrogens is 1. The molecule has 0 aliphatic rings. The van der Waals surface area contributed by atoms with Crippen molar-refractivity contribution in [2.45, 2.75) is 26.3 Å². The van der Waals surface area contributed by atoms with Gasteiger partial charge < -0.3 is 10.2 Å². The minimum atomic E-state index is -0.513. The molecule has 1 heterocycles. The molecule has 1 N–H and O–H groups in total. The van der Waals surface area contributed by atoms with Gasteiger partial charge in [0.1, 0.15) is 10.6 Å². The third-order valence-electron chi connectivity index (χ3n) is 2.74. The zero-order valence-corrected chi connectivity index (χ0v) is 13.8. The fourth-order valence-corrected chi connectivity index (χ4v) is 1.99. The van der Waals surface area contributed by atoms with Gasteiger partial charge in [-0.3, -0.25) is 9.59 Å². The number of nitrogens with zero attached hydrogens (tertiary/aromatic N) is 2. The molecule has 110 valence electrons. The fourth-order valence-electron chi connectivity index (χ4n) is 1.76. The zero-order valence-electron chi connectivity index (χ0n) is 12.2. The average Bonchev–Trinajstić information content (AvgIpc) is 2.37. The van der Waals surface area contributed by atoms with Crippen LogP contribution in [0, 0.1) is 5.92 Å². The maximum atomic E-state index is 12.1. The molecular formula is C14H20BrN3O2. The van der Waals surface area contributed by atoms with Crippen LogP contribution in [0.1, 0.15) is 30.6 Å². The van der Waals surface area contributed by atoms with Gasteiger partial charge in [0.15, 0.2) is 0 Å². The topological polar surface area (TPSA) is 62.3 Å². The number of carbonyl (C=O) groups excluding carboxylic acids is 2. The van der Waals surface area contributed by atoms with Crippen molar-refractivity contribution in [3.63, 3.8) is 0 Å². The monoisotopic (exact) mass is 341 g/mol. The molecule has 1 aromatic rings. The summed E-state index contributed by atoms with van der Waals surface area (Å²) in [5.41, 5.74) is 0.438. The molecule has 0 aliphatic carbocycles. The number of pyridine rings is 1. The molecule has 0 fully saturated rings. The molecule has 0 spiro atoms. The Morgan fingerprint density at radius 2 is 2.00 bits per heavy atom. The van der Waals surface area contributed by atoms with E-state index in [2.05, 4.69) is 26.2 Å². The molecule has 1 aromatic heterocycles. The summed E-state index contributed by atoms with van der Waals surface area (Å²) in [6.45, 7) is 4.03. The van der Waals surface area contributed by atoms with Gasteiger partial charge in [0, 0.05) is 20.3 Å². The summed E-state index contributed by atoms with van der Waals surface area (Å²) in [6, 6.07) is 2.85. The number of rotatable bonds is 5. The summed E-state index contributed by atoms with van der Waals surface area (Å²) < 4.78 is 0.664. The summed E-state index contributed by atoms with van der Waals surface area (Å²) in [5, 5.41) is 2.78. The predicted molar refractivity (Wildman–Crippen MR) is 81.3 cm³/mol. The first-order chi connectivity index (χ1) is 9.31. The van der Waals surface area contributed by atoms with Crippen molar-refractivity contribution in [2.75, 3.05) is 14.1 Å². The third-order valence-corrected chi connectivity index (χ3v) is 3.21. The largest absolute Gasteiger partial charge is 0.347 e. The molecule has 1 rings (SSSR count). The van der Waals surface area contributed by atoms with E-state index in [0.717, 1.165) is 0 Å². The lowest BCUT2D eigenvalue weighted by Crippen LogP contribution is -2.46. The third kappa shape index (κ3) is 4.92. The van der Waals surface area contributed by atoms with Crippen molar-refractivity contribution < 1.29 is 9.59 Å². The van der Waals surface area contributed by atoms with Crippen molar-refractivity contribution in [1.82, 2.24) is 15.2 Å². The van der Waals surface area contributed by atoms with Crippen LogP contribution in [0.3, 0.4) is 0 Å². The molecule has 0 aliphatic heterocycles. The number of amides is 2. The van der Waals surface area contributed by atoms with E-state index < -0.39 is 6.04 Å². The van der Waals surface area contributed by atoms with Crippen LogP contribution in [0.5, 0.6) is 0 Å². The van der Waals surface area contributed by atoms with Crippen LogP contribution < -0.4 is 5.32 Å². The number of hydrogen-bond donors (Lipinski definition) is 1. The van der Waals surface area contributed by atoms with Crippen molar-refractivity contribution in [3.05, 3.63) is 28.5 Å². The smallest absolute Gasteiger partial charge is 0.253 e. The normalized spacial score (nSPS) is 12.1. The molecule has 0 saturated heterocycles. The quantitative estimate of drug-likeness (QED) is 0.834. The Morgan fingerprint density at radius 1 is 1.35 bits per heavy atom. The molecule has 0 saturated carbocycles. The standard InChI is InChI=1S/C14H20BrN3O2/c1-9(2)7-11(14(20)18(3)4)17-13(19)10-5-6-12(15)16-8-10/h5-6,8-9,11H,7H2,1-4H3,(H,17,19). The number of halogens is 1. The molecule has 0 bridgehead atoms. The van der Waals surface area contributed by atoms with E-state index in [4.69, 9.17) is 0 Å². The molecule has 0 radical (unpaired) electrons. The average molecular weight is 342 g/mol. The van der Waals surface area contributed by atoms with Gasteiger partial charge in [-0.25, -0.2) is 4.98 Å². The first-order valence-corrected chi connectivity index (χ1v) is 7.24. The number of hydrogen-bond acceptors (Lipinski definition) is 3. The highest BCUT2D eigenvalue weighted by atomic mass is 79.9.